The van der Waals surface area contributed by atoms with Gasteiger partial charge in [0.1, 0.15) is 0 Å². The third-order valence-electron chi connectivity index (χ3n) is 2.84. The molecule has 1 saturated heterocycles. The molecule has 0 saturated carbocycles. The molecule has 1 unspecified atom stereocenters. The average molecular weight is 260 g/mol. The third kappa shape index (κ3) is 5.20. The summed E-state index contributed by atoms with van der Waals surface area (Å²) < 4.78 is 37.0. The fourth-order valence-corrected chi connectivity index (χ4v) is 1.78. The zero-order valence-electron chi connectivity index (χ0n) is 10.2. The summed E-state index contributed by atoms with van der Waals surface area (Å²) >= 11 is 0. The number of likely N-dealkylation sites (N-methyl/N-ethyl adjacent to an activating group) is 1. The Bertz CT molecular complexity index is 247. The second-order valence-corrected chi connectivity index (χ2v) is 4.31. The van der Waals surface area contributed by atoms with Gasteiger partial charge in [-0.25, -0.2) is 0 Å². The van der Waals surface area contributed by atoms with Gasteiger partial charge in [-0.2, -0.15) is 0 Å². The van der Waals surface area contributed by atoms with Gasteiger partial charge in [-0.3, -0.25) is 4.90 Å². The van der Waals surface area contributed by atoms with Crippen LogP contribution in [0.15, 0.2) is 12.1 Å². The Kier molecular flexibility index (Phi) is 7.42. The molecular weight excluding hydrogens is 243 g/mol. The zero-order chi connectivity index (χ0) is 11.6. The second kappa shape index (κ2) is 6.92. The van der Waals surface area contributed by atoms with Crippen LogP contribution >= 0.6 is 0 Å². The molecule has 2 nitrogen and oxygen atoms in total. The molecule has 0 bridgehead atoms. The van der Waals surface area contributed by atoms with E-state index in [9.17, 15) is 12.9 Å². The van der Waals surface area contributed by atoms with Crippen LogP contribution in [-0.2, 0) is 0 Å². The van der Waals surface area contributed by atoms with Gasteiger partial charge in [0.2, 0.25) is 0 Å². The molecule has 0 radical (unpaired) electrons. The molecule has 7 heteroatoms. The van der Waals surface area contributed by atoms with Gasteiger partial charge in [0.25, 0.3) is 0 Å². The van der Waals surface area contributed by atoms with Gasteiger partial charge < -0.3 is 17.8 Å². The zero-order valence-corrected chi connectivity index (χ0v) is 13.3. The van der Waals surface area contributed by atoms with Crippen LogP contribution in [0.1, 0.15) is 6.92 Å². The Morgan fingerprint density at radius 3 is 2.38 bits per heavy atom. The van der Waals surface area contributed by atoms with Crippen LogP contribution in [-0.4, -0.2) is 56.0 Å². The molecule has 1 aliphatic heterocycles. The molecule has 1 fully saturated rings. The van der Waals surface area contributed by atoms with E-state index in [0.29, 0.717) is 6.54 Å². The fraction of sp³-hybridized carbons (Fsp3) is 0.778. The van der Waals surface area contributed by atoms with Crippen molar-refractivity contribution in [2.75, 3.05) is 33.2 Å². The maximum Gasteiger partial charge on any atom is 1.00 e. The minimum absolute atomic E-state index is 0. The molecule has 16 heavy (non-hydrogen) atoms. The first kappa shape index (κ1) is 17.2. The van der Waals surface area contributed by atoms with Crippen molar-refractivity contribution < 1.29 is 64.3 Å². The summed E-state index contributed by atoms with van der Waals surface area (Å²) in [4.78, 5) is 3.97. The van der Waals surface area contributed by atoms with Crippen LogP contribution < -0.4 is 51.4 Å². The van der Waals surface area contributed by atoms with Crippen molar-refractivity contribution >= 4 is 6.98 Å². The Hall–Kier alpha value is 1.15. The molecule has 0 N–H and O–H groups in total. The number of rotatable bonds is 3. The summed E-state index contributed by atoms with van der Waals surface area (Å²) in [7, 11) is 1.98. The predicted molar refractivity (Wildman–Crippen MR) is 56.8 cm³/mol. The Morgan fingerprint density at radius 1 is 1.38 bits per heavy atom. The van der Waals surface area contributed by atoms with E-state index in [-0.39, 0.29) is 64.0 Å². The molecule has 0 spiro atoms. The second-order valence-electron chi connectivity index (χ2n) is 4.31. The Morgan fingerprint density at radius 2 is 1.94 bits per heavy atom. The van der Waals surface area contributed by atoms with E-state index in [1.807, 2.05) is 18.9 Å². The van der Waals surface area contributed by atoms with Crippen molar-refractivity contribution in [3.63, 3.8) is 0 Å². The topological polar surface area (TPSA) is 6.48 Å². The summed E-state index contributed by atoms with van der Waals surface area (Å²) in [5.41, 5.74) is -0.591. The van der Waals surface area contributed by atoms with Crippen molar-refractivity contribution in [1.29, 1.82) is 0 Å². The van der Waals surface area contributed by atoms with E-state index in [4.69, 9.17) is 0 Å². The van der Waals surface area contributed by atoms with Crippen molar-refractivity contribution in [2.45, 2.75) is 13.0 Å². The first-order valence-electron chi connectivity index (χ1n) is 5.11. The smallest absolute Gasteiger partial charge is 0.445 e. The van der Waals surface area contributed by atoms with Gasteiger partial charge in [-0.05, 0) is 20.5 Å². The molecule has 0 aromatic rings. The normalized spacial score (nSPS) is 23.9. The van der Waals surface area contributed by atoms with Gasteiger partial charge in [0, 0.05) is 25.7 Å². The Labute approximate surface area is 138 Å². The fourth-order valence-electron chi connectivity index (χ4n) is 1.78. The van der Waals surface area contributed by atoms with E-state index in [1.54, 1.807) is 0 Å². The van der Waals surface area contributed by atoms with Crippen molar-refractivity contribution in [1.82, 2.24) is 9.80 Å². The van der Waals surface area contributed by atoms with Crippen LogP contribution in [0.4, 0.5) is 12.9 Å². The summed E-state index contributed by atoms with van der Waals surface area (Å²) in [5, 5.41) is 0. The van der Waals surface area contributed by atoms with Crippen LogP contribution in [0.25, 0.3) is 0 Å². The molecule has 1 aliphatic rings. The number of hydrogen-bond donors (Lipinski definition) is 0. The van der Waals surface area contributed by atoms with Gasteiger partial charge in [-0.1, -0.05) is 0 Å². The summed E-state index contributed by atoms with van der Waals surface area (Å²) in [5.74, 6) is 0. The monoisotopic (exact) mass is 260 g/mol. The molecule has 0 aromatic carbocycles. The van der Waals surface area contributed by atoms with Gasteiger partial charge in [-0.15, -0.1) is 12.1 Å². The maximum atomic E-state index is 12.3. The standard InChI is InChI=1S/C9H17BF3N2.K/c1-8(10(11,12)13)6-15-5-4-14(3)7-9(15)2;/h9H,1,4-7H2,2-3H3;/q-1;+1. The van der Waals surface area contributed by atoms with E-state index in [1.165, 1.54) is 0 Å². The molecule has 0 amide bonds. The summed E-state index contributed by atoms with van der Waals surface area (Å²) in [6.07, 6.45) is 0. The van der Waals surface area contributed by atoms with E-state index in [0.717, 1.165) is 13.1 Å². The average Bonchev–Trinajstić information content (AvgIpc) is 2.08. The number of nitrogens with zero attached hydrogens (tertiary/aromatic N) is 2. The van der Waals surface area contributed by atoms with E-state index in [2.05, 4.69) is 11.5 Å². The van der Waals surface area contributed by atoms with Crippen molar-refractivity contribution in [3.05, 3.63) is 12.1 Å². The molecule has 0 aromatic heterocycles. The number of piperazine rings is 1. The van der Waals surface area contributed by atoms with Gasteiger partial charge >= 0.3 is 58.4 Å². The minimum atomic E-state index is -4.88. The molecular formula is C9H17BF3KN2. The van der Waals surface area contributed by atoms with Gasteiger partial charge in [0.05, 0.1) is 0 Å². The van der Waals surface area contributed by atoms with Crippen LogP contribution in [0.3, 0.4) is 0 Å². The number of halogens is 3. The minimum Gasteiger partial charge on any atom is -0.445 e. The van der Waals surface area contributed by atoms with Gasteiger partial charge in [0.15, 0.2) is 0 Å². The molecule has 0 aliphatic carbocycles. The summed E-state index contributed by atoms with van der Waals surface area (Å²) in [6.45, 7) is 2.47. The van der Waals surface area contributed by atoms with Crippen LogP contribution in [0, 0.1) is 0 Å². The van der Waals surface area contributed by atoms with Crippen LogP contribution in [0.2, 0.25) is 0 Å². The maximum absolute atomic E-state index is 12.3. The van der Waals surface area contributed by atoms with Crippen molar-refractivity contribution in [2.24, 2.45) is 0 Å². The SMILES string of the molecule is C=C(CN1CCN(C)CC1C)[B-](F)(F)F.[K+]. The molecule has 1 rings (SSSR count). The van der Waals surface area contributed by atoms with Crippen LogP contribution in [0.5, 0.6) is 0 Å². The first-order chi connectivity index (χ1) is 6.80. The van der Waals surface area contributed by atoms with E-state index < -0.39 is 12.4 Å². The quantitative estimate of drug-likeness (QED) is 0.574. The van der Waals surface area contributed by atoms with Crippen molar-refractivity contribution in [3.8, 4) is 0 Å². The molecule has 1 heterocycles. The molecule has 1 atom stereocenters. The van der Waals surface area contributed by atoms with E-state index >= 15 is 0 Å². The first-order valence-corrected chi connectivity index (χ1v) is 5.11. The third-order valence-corrected chi connectivity index (χ3v) is 2.84. The molecule has 88 valence electrons. The summed E-state index contributed by atoms with van der Waals surface area (Å²) in [6, 6.07) is 0.165. The number of hydrogen-bond acceptors (Lipinski definition) is 2. The largest absolute Gasteiger partial charge is 1.00 e. The predicted octanol–water partition coefficient (Wildman–Crippen LogP) is -1.43. The Balaban J connectivity index is 0.00000225.